The van der Waals surface area contributed by atoms with Crippen LogP contribution in [-0.2, 0) is 9.53 Å². The average molecular weight is 385 g/mol. The van der Waals surface area contributed by atoms with E-state index in [0.29, 0.717) is 12.3 Å². The third-order valence-corrected chi connectivity index (χ3v) is 5.92. The molecule has 5 nitrogen and oxygen atoms in total. The standard InChI is InChI=1S/C23H32N2O3/c1-25-21(19-13-7-11-17-10-5-6-12-18(17)19)15-28-23(27)22(26)20(24)14-16-8-3-2-4-9-16/h5-7,10-13,16,20-22,25-26H,2-4,8-9,14-15,24H2,1H3/t20-,21+,22+/m1/s1. The second kappa shape index (κ2) is 10.0. The molecular formula is C23H32N2O3. The monoisotopic (exact) mass is 384 g/mol. The van der Waals surface area contributed by atoms with E-state index in [1.165, 1.54) is 19.3 Å². The van der Waals surface area contributed by atoms with Crippen molar-refractivity contribution >= 4 is 16.7 Å². The molecule has 0 aromatic heterocycles. The van der Waals surface area contributed by atoms with Crippen LogP contribution in [0.2, 0.25) is 0 Å². The van der Waals surface area contributed by atoms with Gasteiger partial charge in [-0.15, -0.1) is 0 Å². The van der Waals surface area contributed by atoms with Crippen LogP contribution in [0.5, 0.6) is 0 Å². The van der Waals surface area contributed by atoms with Crippen molar-refractivity contribution in [1.82, 2.24) is 5.32 Å². The van der Waals surface area contributed by atoms with Crippen LogP contribution in [0.1, 0.15) is 50.1 Å². The summed E-state index contributed by atoms with van der Waals surface area (Å²) in [6, 6.07) is 13.5. The fraction of sp³-hybridized carbons (Fsp3) is 0.522. The van der Waals surface area contributed by atoms with Gasteiger partial charge in [-0.3, -0.25) is 0 Å². The van der Waals surface area contributed by atoms with Gasteiger partial charge in [0.25, 0.3) is 0 Å². The number of ether oxygens (including phenoxy) is 1. The number of rotatable bonds is 8. The van der Waals surface area contributed by atoms with Crippen LogP contribution in [0.15, 0.2) is 42.5 Å². The molecule has 0 aliphatic heterocycles. The van der Waals surface area contributed by atoms with Crippen molar-refractivity contribution in [3.05, 3.63) is 48.0 Å². The first-order valence-corrected chi connectivity index (χ1v) is 10.4. The van der Waals surface area contributed by atoms with Crippen LogP contribution in [0.25, 0.3) is 10.8 Å². The average Bonchev–Trinajstić information content (AvgIpc) is 2.74. The van der Waals surface area contributed by atoms with Gasteiger partial charge in [0.2, 0.25) is 0 Å². The molecule has 2 aromatic carbocycles. The molecule has 1 aliphatic rings. The number of fused-ring (bicyclic) bond motifs is 1. The maximum atomic E-state index is 12.4. The Balaban J connectivity index is 1.58. The lowest BCUT2D eigenvalue weighted by molar-refractivity contribution is -0.155. The Kier molecular flexibility index (Phi) is 7.43. The van der Waals surface area contributed by atoms with Gasteiger partial charge in [-0.25, -0.2) is 4.79 Å². The third-order valence-electron chi connectivity index (χ3n) is 5.92. The Morgan fingerprint density at radius 1 is 1.18 bits per heavy atom. The van der Waals surface area contributed by atoms with E-state index in [-0.39, 0.29) is 12.6 Å². The Morgan fingerprint density at radius 2 is 1.89 bits per heavy atom. The molecule has 1 saturated carbocycles. The van der Waals surface area contributed by atoms with Crippen LogP contribution < -0.4 is 11.1 Å². The molecule has 0 spiro atoms. The molecule has 2 aromatic rings. The van der Waals surface area contributed by atoms with E-state index in [9.17, 15) is 9.90 Å². The molecule has 3 atom stereocenters. The first-order valence-electron chi connectivity index (χ1n) is 10.4. The molecule has 0 amide bonds. The molecule has 3 rings (SSSR count). The molecule has 0 radical (unpaired) electrons. The molecule has 1 aliphatic carbocycles. The van der Waals surface area contributed by atoms with E-state index in [1.807, 2.05) is 31.3 Å². The van der Waals surface area contributed by atoms with Crippen LogP contribution in [0.3, 0.4) is 0 Å². The zero-order chi connectivity index (χ0) is 19.9. The predicted octanol–water partition coefficient (Wildman–Crippen LogP) is 3.30. The second-order valence-electron chi connectivity index (χ2n) is 7.89. The number of likely N-dealkylation sites (N-methyl/N-ethyl adjacent to an activating group) is 1. The molecule has 4 N–H and O–H groups in total. The Bertz CT molecular complexity index is 768. The van der Waals surface area contributed by atoms with Crippen LogP contribution in [0, 0.1) is 5.92 Å². The first-order chi connectivity index (χ1) is 13.6. The fourth-order valence-corrected chi connectivity index (χ4v) is 4.25. The summed E-state index contributed by atoms with van der Waals surface area (Å²) < 4.78 is 5.44. The molecule has 5 heteroatoms. The topological polar surface area (TPSA) is 84.6 Å². The van der Waals surface area contributed by atoms with Crippen molar-refractivity contribution in [2.24, 2.45) is 11.7 Å². The number of aliphatic hydroxyl groups is 1. The molecule has 0 bridgehead atoms. The highest BCUT2D eigenvalue weighted by Crippen LogP contribution is 2.28. The summed E-state index contributed by atoms with van der Waals surface area (Å²) in [6.07, 6.45) is 5.38. The van der Waals surface area contributed by atoms with Crippen molar-refractivity contribution in [3.8, 4) is 0 Å². The lowest BCUT2D eigenvalue weighted by Crippen LogP contribution is -2.43. The Hall–Kier alpha value is -1.95. The van der Waals surface area contributed by atoms with Crippen molar-refractivity contribution in [3.63, 3.8) is 0 Å². The van der Waals surface area contributed by atoms with Crippen molar-refractivity contribution < 1.29 is 14.6 Å². The smallest absolute Gasteiger partial charge is 0.336 e. The van der Waals surface area contributed by atoms with Gasteiger partial charge in [0.1, 0.15) is 6.61 Å². The largest absolute Gasteiger partial charge is 0.462 e. The lowest BCUT2D eigenvalue weighted by Gasteiger charge is -2.26. The number of carbonyl (C=O) groups excluding carboxylic acids is 1. The summed E-state index contributed by atoms with van der Waals surface area (Å²) in [6.45, 7) is 0.149. The summed E-state index contributed by atoms with van der Waals surface area (Å²) >= 11 is 0. The van der Waals surface area contributed by atoms with Crippen LogP contribution in [-0.4, -0.2) is 36.9 Å². The highest BCUT2D eigenvalue weighted by molar-refractivity contribution is 5.86. The van der Waals surface area contributed by atoms with Crippen molar-refractivity contribution in [2.75, 3.05) is 13.7 Å². The third kappa shape index (κ3) is 5.10. The van der Waals surface area contributed by atoms with E-state index < -0.39 is 18.1 Å². The van der Waals surface area contributed by atoms with Gasteiger partial charge in [0.15, 0.2) is 6.10 Å². The second-order valence-corrected chi connectivity index (χ2v) is 7.89. The fourth-order valence-electron chi connectivity index (χ4n) is 4.25. The summed E-state index contributed by atoms with van der Waals surface area (Å²) in [4.78, 5) is 12.4. The lowest BCUT2D eigenvalue weighted by atomic mass is 9.84. The van der Waals surface area contributed by atoms with E-state index >= 15 is 0 Å². The summed E-state index contributed by atoms with van der Waals surface area (Å²) in [7, 11) is 1.84. The van der Waals surface area contributed by atoms with Gasteiger partial charge in [-0.1, -0.05) is 74.6 Å². The Morgan fingerprint density at radius 3 is 2.64 bits per heavy atom. The number of esters is 1. The SMILES string of the molecule is CN[C@@H](COC(=O)[C@@H](O)[C@H](N)CC1CCCCC1)c1cccc2ccccc12. The number of carbonyl (C=O) groups is 1. The zero-order valence-electron chi connectivity index (χ0n) is 16.6. The minimum absolute atomic E-state index is 0.149. The van der Waals surface area contributed by atoms with E-state index in [1.54, 1.807) is 0 Å². The molecular weight excluding hydrogens is 352 g/mol. The number of nitrogens with two attached hydrogens (primary N) is 1. The minimum atomic E-state index is -1.27. The van der Waals surface area contributed by atoms with Crippen molar-refractivity contribution in [1.29, 1.82) is 0 Å². The molecule has 152 valence electrons. The quantitative estimate of drug-likeness (QED) is 0.608. The highest BCUT2D eigenvalue weighted by atomic mass is 16.5. The van der Waals surface area contributed by atoms with Gasteiger partial charge < -0.3 is 20.9 Å². The van der Waals surface area contributed by atoms with Gasteiger partial charge in [-0.05, 0) is 35.7 Å². The van der Waals surface area contributed by atoms with Gasteiger partial charge in [-0.2, -0.15) is 0 Å². The maximum absolute atomic E-state index is 12.4. The first kappa shape index (κ1) is 20.8. The van der Waals surface area contributed by atoms with Crippen LogP contribution >= 0.6 is 0 Å². The van der Waals surface area contributed by atoms with E-state index in [4.69, 9.17) is 10.5 Å². The summed E-state index contributed by atoms with van der Waals surface area (Å²) in [5.41, 5.74) is 7.17. The zero-order valence-corrected chi connectivity index (χ0v) is 16.6. The Labute approximate surface area is 167 Å². The maximum Gasteiger partial charge on any atom is 0.336 e. The van der Waals surface area contributed by atoms with Crippen molar-refractivity contribution in [2.45, 2.75) is 56.7 Å². The predicted molar refractivity (Wildman–Crippen MR) is 112 cm³/mol. The summed E-state index contributed by atoms with van der Waals surface area (Å²) in [5.74, 6) is -0.129. The normalized spacial score (nSPS) is 18.5. The highest BCUT2D eigenvalue weighted by Gasteiger charge is 2.28. The molecule has 1 fully saturated rings. The number of benzene rings is 2. The molecule has 0 heterocycles. The van der Waals surface area contributed by atoms with E-state index in [2.05, 4.69) is 23.5 Å². The van der Waals surface area contributed by atoms with Gasteiger partial charge in [0.05, 0.1) is 6.04 Å². The minimum Gasteiger partial charge on any atom is -0.462 e. The number of hydrogen-bond donors (Lipinski definition) is 3. The van der Waals surface area contributed by atoms with E-state index in [0.717, 1.165) is 29.2 Å². The molecule has 28 heavy (non-hydrogen) atoms. The molecule has 0 unspecified atom stereocenters. The summed E-state index contributed by atoms with van der Waals surface area (Å²) in [5, 5.41) is 15.8. The van der Waals surface area contributed by atoms with Gasteiger partial charge >= 0.3 is 5.97 Å². The number of hydrogen-bond acceptors (Lipinski definition) is 5. The number of nitrogens with one attached hydrogen (secondary N) is 1. The number of aliphatic hydroxyl groups excluding tert-OH is 1. The van der Waals surface area contributed by atoms with Crippen LogP contribution in [0.4, 0.5) is 0 Å². The van der Waals surface area contributed by atoms with Gasteiger partial charge in [0, 0.05) is 6.04 Å². The molecule has 0 saturated heterocycles.